The monoisotopic (exact) mass is 621 g/mol. The summed E-state index contributed by atoms with van der Waals surface area (Å²) in [7, 11) is 0. The van der Waals surface area contributed by atoms with Crippen molar-refractivity contribution in [2.24, 2.45) is 5.92 Å². The molecule has 44 heavy (non-hydrogen) atoms. The molecule has 6 rings (SSSR count). The van der Waals surface area contributed by atoms with Gasteiger partial charge in [-0.05, 0) is 93.0 Å². The lowest BCUT2D eigenvalue weighted by Gasteiger charge is -2.45. The zero-order chi connectivity index (χ0) is 31.7. The number of amides is 1. The molecule has 10 heteroatoms. The molecule has 1 saturated heterocycles. The van der Waals surface area contributed by atoms with Gasteiger partial charge in [-0.1, -0.05) is 29.8 Å². The van der Waals surface area contributed by atoms with Crippen LogP contribution in [0.3, 0.4) is 0 Å². The molecule has 1 saturated carbocycles. The summed E-state index contributed by atoms with van der Waals surface area (Å²) in [6.07, 6.45) is 2.09. The minimum Gasteiger partial charge on any atom is -0.390 e. The number of pyridine rings is 2. The molecule has 4 aromatic rings. The molecule has 6 nitrogen and oxygen atoms in total. The Morgan fingerprint density at radius 2 is 1.70 bits per heavy atom. The van der Waals surface area contributed by atoms with Gasteiger partial charge in [0, 0.05) is 36.5 Å². The normalized spacial score (nSPS) is 18.3. The highest BCUT2D eigenvalue weighted by Gasteiger charge is 2.42. The van der Waals surface area contributed by atoms with Crippen molar-refractivity contribution in [3.05, 3.63) is 116 Å². The number of aromatic nitrogens is 2. The Morgan fingerprint density at radius 1 is 1.02 bits per heavy atom. The number of rotatable bonds is 6. The first-order valence-electron chi connectivity index (χ1n) is 14.4. The SMILES string of the molecule is Cc1cnc(-c2cccc(C(=O)N3CC(C(C)(C)O)C3)c2F)c(F)c1-n1c(C)cc([C@@H]2CC2c2ccc(F)cc2)c(Cl)c1=O. The minimum absolute atomic E-state index is 0.0348. The molecule has 2 atom stereocenters. The van der Waals surface area contributed by atoms with Crippen LogP contribution < -0.4 is 5.56 Å². The standard InChI is InChI=1S/C34H31ClF3N3O3/c1-17-14-39-30(22-6-5-7-23(28(22)37)32(42)40-15-20(16-40)34(3,4)44)29(38)31(17)41-18(2)12-26(27(35)33(41)43)25-13-24(25)19-8-10-21(36)11-9-19/h5-12,14,20,24-25,44H,13,15-16H2,1-4H3/t24?,25-/m1/s1. The zero-order valence-electron chi connectivity index (χ0n) is 24.7. The number of carbonyl (C=O) groups is 1. The van der Waals surface area contributed by atoms with E-state index in [2.05, 4.69) is 4.98 Å². The summed E-state index contributed by atoms with van der Waals surface area (Å²) >= 11 is 6.61. The number of likely N-dealkylation sites (tertiary alicyclic amines) is 1. The zero-order valence-corrected chi connectivity index (χ0v) is 25.4. The fourth-order valence-corrected chi connectivity index (χ4v) is 6.35. The first-order chi connectivity index (χ1) is 20.8. The lowest BCUT2D eigenvalue weighted by molar-refractivity contribution is -0.0508. The minimum atomic E-state index is -0.969. The van der Waals surface area contributed by atoms with E-state index >= 15 is 8.78 Å². The smallest absolute Gasteiger partial charge is 0.274 e. The molecule has 2 aromatic carbocycles. The van der Waals surface area contributed by atoms with E-state index in [9.17, 15) is 19.1 Å². The molecule has 0 radical (unpaired) electrons. The van der Waals surface area contributed by atoms with Gasteiger partial charge in [-0.25, -0.2) is 13.2 Å². The van der Waals surface area contributed by atoms with Gasteiger partial charge in [-0.15, -0.1) is 0 Å². The molecule has 1 aliphatic carbocycles. The highest BCUT2D eigenvalue weighted by atomic mass is 35.5. The molecule has 1 N–H and O–H groups in total. The Balaban J connectivity index is 1.35. The van der Waals surface area contributed by atoms with E-state index in [0.717, 1.165) is 12.0 Å². The highest BCUT2D eigenvalue weighted by molar-refractivity contribution is 6.31. The topological polar surface area (TPSA) is 75.4 Å². The molecular weight excluding hydrogens is 591 g/mol. The van der Waals surface area contributed by atoms with Gasteiger partial charge in [-0.3, -0.25) is 19.1 Å². The van der Waals surface area contributed by atoms with Gasteiger partial charge in [0.2, 0.25) is 0 Å². The number of benzene rings is 2. The van der Waals surface area contributed by atoms with E-state index in [0.29, 0.717) is 16.8 Å². The van der Waals surface area contributed by atoms with Crippen molar-refractivity contribution in [2.45, 2.75) is 51.6 Å². The first-order valence-corrected chi connectivity index (χ1v) is 14.8. The number of halogens is 4. The molecule has 1 amide bonds. The maximum absolute atomic E-state index is 16.3. The summed E-state index contributed by atoms with van der Waals surface area (Å²) < 4.78 is 46.7. The highest BCUT2D eigenvalue weighted by Crippen LogP contribution is 2.56. The van der Waals surface area contributed by atoms with E-state index in [1.807, 2.05) is 0 Å². The second kappa shape index (κ2) is 10.9. The van der Waals surface area contributed by atoms with Crippen molar-refractivity contribution in [2.75, 3.05) is 13.1 Å². The molecule has 228 valence electrons. The number of hydrogen-bond acceptors (Lipinski definition) is 4. The maximum Gasteiger partial charge on any atom is 0.274 e. The van der Waals surface area contributed by atoms with Crippen molar-refractivity contribution in [3.8, 4) is 16.9 Å². The summed E-state index contributed by atoms with van der Waals surface area (Å²) in [5.74, 6) is -2.83. The van der Waals surface area contributed by atoms with Crippen LogP contribution >= 0.6 is 11.6 Å². The Labute approximate surface area is 257 Å². The average molecular weight is 622 g/mol. The second-order valence-corrected chi connectivity index (χ2v) is 12.8. The van der Waals surface area contributed by atoms with Gasteiger partial charge in [-0.2, -0.15) is 0 Å². The summed E-state index contributed by atoms with van der Waals surface area (Å²) in [4.78, 5) is 32.3. The van der Waals surface area contributed by atoms with Crippen LogP contribution in [-0.2, 0) is 0 Å². The number of aliphatic hydroxyl groups is 1. The van der Waals surface area contributed by atoms with Crippen LogP contribution in [0.5, 0.6) is 0 Å². The Hall–Kier alpha value is -3.95. The predicted molar refractivity (Wildman–Crippen MR) is 162 cm³/mol. The molecular formula is C34H31ClF3N3O3. The van der Waals surface area contributed by atoms with Crippen LogP contribution in [0.1, 0.15) is 64.8 Å². The predicted octanol–water partition coefficient (Wildman–Crippen LogP) is 6.70. The van der Waals surface area contributed by atoms with Gasteiger partial charge in [0.25, 0.3) is 11.5 Å². The van der Waals surface area contributed by atoms with E-state index in [4.69, 9.17) is 11.6 Å². The summed E-state index contributed by atoms with van der Waals surface area (Å²) in [5, 5.41) is 10.1. The van der Waals surface area contributed by atoms with Gasteiger partial charge >= 0.3 is 0 Å². The molecule has 1 unspecified atom stereocenters. The molecule has 2 aliphatic rings. The third-order valence-electron chi connectivity index (χ3n) is 8.90. The third-order valence-corrected chi connectivity index (χ3v) is 9.28. The molecule has 2 fully saturated rings. The number of nitrogens with zero attached hydrogens (tertiary/aromatic N) is 3. The number of aryl methyl sites for hydroxylation is 2. The Morgan fingerprint density at radius 3 is 2.36 bits per heavy atom. The van der Waals surface area contributed by atoms with Crippen LogP contribution in [0.15, 0.2) is 59.5 Å². The van der Waals surface area contributed by atoms with Crippen LogP contribution in [0.2, 0.25) is 5.02 Å². The molecule has 0 spiro atoms. The van der Waals surface area contributed by atoms with Crippen molar-refractivity contribution in [3.63, 3.8) is 0 Å². The van der Waals surface area contributed by atoms with Crippen molar-refractivity contribution < 1.29 is 23.1 Å². The van der Waals surface area contributed by atoms with Gasteiger partial charge < -0.3 is 10.0 Å². The number of carbonyl (C=O) groups excluding carboxylic acids is 1. The first kappa shape index (κ1) is 30.1. The lowest BCUT2D eigenvalue weighted by Crippen LogP contribution is -2.57. The van der Waals surface area contributed by atoms with Crippen LogP contribution in [0, 0.1) is 37.2 Å². The number of hydrogen-bond donors (Lipinski definition) is 1. The third kappa shape index (κ3) is 5.12. The lowest BCUT2D eigenvalue weighted by atomic mass is 9.84. The summed E-state index contributed by atoms with van der Waals surface area (Å²) in [6, 6.07) is 12.1. The fourth-order valence-electron chi connectivity index (χ4n) is 6.07. The second-order valence-electron chi connectivity index (χ2n) is 12.4. The molecule has 2 aromatic heterocycles. The van der Waals surface area contributed by atoms with Crippen molar-refractivity contribution in [1.29, 1.82) is 0 Å². The van der Waals surface area contributed by atoms with Crippen molar-refractivity contribution >= 4 is 17.5 Å². The van der Waals surface area contributed by atoms with E-state index < -0.39 is 28.7 Å². The van der Waals surface area contributed by atoms with E-state index in [-0.39, 0.29) is 64.2 Å². The maximum atomic E-state index is 16.3. The molecule has 3 heterocycles. The molecule has 1 aliphatic heterocycles. The Kier molecular flexibility index (Phi) is 7.45. The van der Waals surface area contributed by atoms with Gasteiger partial charge in [0.15, 0.2) is 5.82 Å². The largest absolute Gasteiger partial charge is 0.390 e. The molecule has 0 bridgehead atoms. The van der Waals surface area contributed by atoms with Gasteiger partial charge in [0.05, 0.1) is 16.9 Å². The van der Waals surface area contributed by atoms with Crippen LogP contribution in [0.25, 0.3) is 16.9 Å². The van der Waals surface area contributed by atoms with Crippen molar-refractivity contribution in [1.82, 2.24) is 14.5 Å². The average Bonchev–Trinajstić information content (AvgIpc) is 3.72. The Bertz CT molecular complexity index is 1860. The quantitative estimate of drug-likeness (QED) is 0.260. The van der Waals surface area contributed by atoms with Crippen LogP contribution in [0.4, 0.5) is 13.2 Å². The summed E-state index contributed by atoms with van der Waals surface area (Å²) in [6.45, 7) is 7.13. The summed E-state index contributed by atoms with van der Waals surface area (Å²) in [5.41, 5.74) is -0.139. The van der Waals surface area contributed by atoms with Gasteiger partial charge in [0.1, 0.15) is 22.4 Å². The van der Waals surface area contributed by atoms with Crippen LogP contribution in [-0.4, -0.2) is 44.2 Å². The fraction of sp³-hybridized carbons (Fsp3) is 0.324. The van der Waals surface area contributed by atoms with E-state index in [1.165, 1.54) is 46.0 Å². The van der Waals surface area contributed by atoms with E-state index in [1.54, 1.807) is 45.9 Å².